The van der Waals surface area contributed by atoms with Crippen LogP contribution in [0.25, 0.3) is 0 Å². The maximum Gasteiger partial charge on any atom is 0.186 e. The number of rotatable bonds is 5. The fourth-order valence-electron chi connectivity index (χ4n) is 1.57. The number of carbonyl (C=O) groups is 1. The van der Waals surface area contributed by atoms with Gasteiger partial charge in [-0.05, 0) is 25.4 Å². The summed E-state index contributed by atoms with van der Waals surface area (Å²) in [4.78, 5) is 19.1. The van der Waals surface area contributed by atoms with Crippen molar-refractivity contribution in [3.63, 3.8) is 0 Å². The normalized spacial score (nSPS) is 11.0. The zero-order chi connectivity index (χ0) is 12.3. The topological polar surface area (TPSA) is 33.2 Å². The first-order valence-corrected chi connectivity index (χ1v) is 7.07. The zero-order valence-electron chi connectivity index (χ0n) is 9.84. The third-order valence-electron chi connectivity index (χ3n) is 2.31. The highest BCUT2D eigenvalue weighted by Gasteiger charge is 2.11. The van der Waals surface area contributed by atoms with Gasteiger partial charge in [-0.2, -0.15) is 0 Å². The minimum Gasteiger partial charge on any atom is -0.293 e. The van der Waals surface area contributed by atoms with Crippen molar-refractivity contribution < 1.29 is 4.79 Å². The Labute approximate surface area is 109 Å². The van der Waals surface area contributed by atoms with E-state index in [1.807, 2.05) is 41.8 Å². The Hall–Kier alpha value is -1.04. The largest absolute Gasteiger partial charge is 0.293 e. The molecule has 0 saturated heterocycles. The number of aryl methyl sites for hydroxylation is 1. The van der Waals surface area contributed by atoms with E-state index < -0.39 is 0 Å². The summed E-state index contributed by atoms with van der Waals surface area (Å²) in [6.45, 7) is 3.16. The van der Waals surface area contributed by atoms with Crippen LogP contribution in [0.4, 0.5) is 0 Å². The number of hydrogen-bond donors (Lipinski definition) is 0. The SMILES string of the molecule is Cc1nc(CN(C)CC(=O)c2cccs2)cs1. The van der Waals surface area contributed by atoms with Gasteiger partial charge in [-0.3, -0.25) is 9.69 Å². The van der Waals surface area contributed by atoms with Crippen molar-refractivity contribution in [2.75, 3.05) is 13.6 Å². The summed E-state index contributed by atoms with van der Waals surface area (Å²) in [5.41, 5.74) is 1.04. The monoisotopic (exact) mass is 266 g/mol. The van der Waals surface area contributed by atoms with Crippen molar-refractivity contribution in [2.24, 2.45) is 0 Å². The molecule has 3 nitrogen and oxygen atoms in total. The number of aromatic nitrogens is 1. The number of Topliss-reactive ketones (excluding diaryl/α,β-unsaturated/α-hetero) is 1. The van der Waals surface area contributed by atoms with E-state index in [1.165, 1.54) is 11.3 Å². The zero-order valence-corrected chi connectivity index (χ0v) is 11.5. The molecular weight excluding hydrogens is 252 g/mol. The smallest absolute Gasteiger partial charge is 0.186 e. The molecule has 0 aliphatic heterocycles. The summed E-state index contributed by atoms with van der Waals surface area (Å²) < 4.78 is 0. The summed E-state index contributed by atoms with van der Waals surface area (Å²) in [6.07, 6.45) is 0. The van der Waals surface area contributed by atoms with E-state index in [0.717, 1.165) is 22.1 Å². The van der Waals surface area contributed by atoms with Gasteiger partial charge in [0.15, 0.2) is 5.78 Å². The van der Waals surface area contributed by atoms with Crippen LogP contribution in [-0.4, -0.2) is 29.3 Å². The second-order valence-corrected chi connectivity index (χ2v) is 5.94. The molecule has 0 aliphatic rings. The second-order valence-electron chi connectivity index (χ2n) is 3.93. The lowest BCUT2D eigenvalue weighted by Gasteiger charge is -2.13. The molecular formula is C12H14N2OS2. The molecule has 2 aromatic rings. The standard InChI is InChI=1S/C12H14N2OS2/c1-9-13-10(8-17-9)6-14(2)7-11(15)12-4-3-5-16-12/h3-5,8H,6-7H2,1-2H3. The number of nitrogens with zero attached hydrogens (tertiary/aromatic N) is 2. The maximum atomic E-state index is 11.9. The fraction of sp³-hybridized carbons (Fsp3) is 0.333. The van der Waals surface area contributed by atoms with Gasteiger partial charge in [-0.1, -0.05) is 6.07 Å². The molecule has 5 heteroatoms. The molecule has 0 aliphatic carbocycles. The average Bonchev–Trinajstić information content (AvgIpc) is 2.89. The van der Waals surface area contributed by atoms with Gasteiger partial charge >= 0.3 is 0 Å². The molecule has 17 heavy (non-hydrogen) atoms. The molecule has 0 fully saturated rings. The van der Waals surface area contributed by atoms with E-state index in [0.29, 0.717) is 6.54 Å². The van der Waals surface area contributed by atoms with Crippen molar-refractivity contribution in [1.29, 1.82) is 0 Å². The van der Waals surface area contributed by atoms with Crippen LogP contribution in [0.3, 0.4) is 0 Å². The molecule has 90 valence electrons. The van der Waals surface area contributed by atoms with Crippen molar-refractivity contribution in [2.45, 2.75) is 13.5 Å². The molecule has 2 rings (SSSR count). The quantitative estimate of drug-likeness (QED) is 0.780. The predicted molar refractivity (Wildman–Crippen MR) is 71.8 cm³/mol. The lowest BCUT2D eigenvalue weighted by Crippen LogP contribution is -2.25. The number of thiophene rings is 1. The highest BCUT2D eigenvalue weighted by atomic mass is 32.1. The van der Waals surface area contributed by atoms with Crippen molar-refractivity contribution in [3.8, 4) is 0 Å². The lowest BCUT2D eigenvalue weighted by atomic mass is 10.3. The Morgan fingerprint density at radius 3 is 2.88 bits per heavy atom. The van der Waals surface area contributed by atoms with Gasteiger partial charge in [0.05, 0.1) is 22.1 Å². The highest BCUT2D eigenvalue weighted by molar-refractivity contribution is 7.12. The highest BCUT2D eigenvalue weighted by Crippen LogP contribution is 2.12. The first kappa shape index (κ1) is 12.4. The Morgan fingerprint density at radius 2 is 2.29 bits per heavy atom. The van der Waals surface area contributed by atoms with Gasteiger partial charge in [0.25, 0.3) is 0 Å². The summed E-state index contributed by atoms with van der Waals surface area (Å²) in [5, 5.41) is 5.04. The number of hydrogen-bond acceptors (Lipinski definition) is 5. The summed E-state index contributed by atoms with van der Waals surface area (Å²) in [6, 6.07) is 3.77. The molecule has 0 atom stereocenters. The van der Waals surface area contributed by atoms with E-state index in [4.69, 9.17) is 0 Å². The van der Waals surface area contributed by atoms with Gasteiger partial charge in [0.1, 0.15) is 0 Å². The van der Waals surface area contributed by atoms with E-state index in [1.54, 1.807) is 11.3 Å². The molecule has 0 radical (unpaired) electrons. The Bertz CT molecular complexity index is 490. The molecule has 2 aromatic heterocycles. The average molecular weight is 266 g/mol. The minimum atomic E-state index is 0.175. The number of ketones is 1. The van der Waals surface area contributed by atoms with Crippen molar-refractivity contribution in [3.05, 3.63) is 38.5 Å². The third kappa shape index (κ3) is 3.46. The molecule has 0 unspecified atom stereocenters. The van der Waals surface area contributed by atoms with Crippen LogP contribution in [-0.2, 0) is 6.54 Å². The molecule has 0 spiro atoms. The molecule has 0 aromatic carbocycles. The summed E-state index contributed by atoms with van der Waals surface area (Å²) in [7, 11) is 1.94. The van der Waals surface area contributed by atoms with Gasteiger partial charge in [0, 0.05) is 11.9 Å². The Kier molecular flexibility index (Phi) is 4.04. The molecule has 2 heterocycles. The Balaban J connectivity index is 1.89. The minimum absolute atomic E-state index is 0.175. The lowest BCUT2D eigenvalue weighted by molar-refractivity contribution is 0.0946. The van der Waals surface area contributed by atoms with Crippen LogP contribution >= 0.6 is 22.7 Å². The molecule has 0 amide bonds. The van der Waals surface area contributed by atoms with Crippen molar-refractivity contribution in [1.82, 2.24) is 9.88 Å². The second kappa shape index (κ2) is 5.53. The van der Waals surface area contributed by atoms with E-state index in [9.17, 15) is 4.79 Å². The van der Waals surface area contributed by atoms with Crippen LogP contribution in [0, 0.1) is 6.92 Å². The predicted octanol–water partition coefficient (Wildman–Crippen LogP) is 2.83. The third-order valence-corrected chi connectivity index (χ3v) is 4.04. The van der Waals surface area contributed by atoms with E-state index >= 15 is 0 Å². The number of carbonyl (C=O) groups excluding carboxylic acids is 1. The van der Waals surface area contributed by atoms with Gasteiger partial charge in [0.2, 0.25) is 0 Å². The van der Waals surface area contributed by atoms with Crippen LogP contribution in [0.15, 0.2) is 22.9 Å². The van der Waals surface area contributed by atoms with Crippen LogP contribution in [0.1, 0.15) is 20.4 Å². The number of thiazole rings is 1. The summed E-state index contributed by atoms with van der Waals surface area (Å²) >= 11 is 3.14. The van der Waals surface area contributed by atoms with Gasteiger partial charge in [-0.15, -0.1) is 22.7 Å². The number of likely N-dealkylation sites (N-methyl/N-ethyl adjacent to an activating group) is 1. The van der Waals surface area contributed by atoms with Gasteiger partial charge in [-0.25, -0.2) is 4.98 Å². The first-order chi connectivity index (χ1) is 8.15. The molecule has 0 bridgehead atoms. The van der Waals surface area contributed by atoms with Crippen LogP contribution in [0.2, 0.25) is 0 Å². The van der Waals surface area contributed by atoms with Gasteiger partial charge < -0.3 is 0 Å². The van der Waals surface area contributed by atoms with Crippen LogP contribution in [0.5, 0.6) is 0 Å². The first-order valence-electron chi connectivity index (χ1n) is 5.31. The maximum absolute atomic E-state index is 11.9. The Morgan fingerprint density at radius 1 is 1.47 bits per heavy atom. The molecule has 0 saturated carbocycles. The van der Waals surface area contributed by atoms with Crippen molar-refractivity contribution >= 4 is 28.5 Å². The van der Waals surface area contributed by atoms with E-state index in [-0.39, 0.29) is 5.78 Å². The fourth-order valence-corrected chi connectivity index (χ4v) is 2.83. The molecule has 0 N–H and O–H groups in total. The van der Waals surface area contributed by atoms with E-state index in [2.05, 4.69) is 4.98 Å². The summed E-state index contributed by atoms with van der Waals surface area (Å²) in [5.74, 6) is 0.175. The van der Waals surface area contributed by atoms with Crippen LogP contribution < -0.4 is 0 Å².